The minimum Gasteiger partial charge on any atom is -0.493 e. The second-order valence-electron chi connectivity index (χ2n) is 8.18. The molecule has 6 nitrogen and oxygen atoms in total. The number of rotatable bonds is 11. The second-order valence-corrected chi connectivity index (χ2v) is 8.18. The zero-order valence-electron chi connectivity index (χ0n) is 20.0. The molecule has 202 valence electrons. The van der Waals surface area contributed by atoms with Gasteiger partial charge in [-0.2, -0.15) is 22.0 Å². The molecular formula is C27H25F5N2O4. The molecule has 0 saturated heterocycles. The van der Waals surface area contributed by atoms with E-state index in [2.05, 4.69) is 0 Å². The van der Waals surface area contributed by atoms with Gasteiger partial charge in [-0.15, -0.1) is 0 Å². The molecule has 0 amide bonds. The zero-order valence-corrected chi connectivity index (χ0v) is 20.0. The summed E-state index contributed by atoms with van der Waals surface area (Å²) >= 11 is 0. The summed E-state index contributed by atoms with van der Waals surface area (Å²) < 4.78 is 80.4. The summed E-state index contributed by atoms with van der Waals surface area (Å²) in [5.41, 5.74) is 13.3. The van der Waals surface area contributed by atoms with Crippen molar-refractivity contribution in [1.82, 2.24) is 0 Å². The number of hydrogen-bond acceptors (Lipinski definition) is 6. The molecule has 3 aromatic carbocycles. The predicted octanol–water partition coefficient (Wildman–Crippen LogP) is 6.11. The molecule has 0 spiro atoms. The van der Waals surface area contributed by atoms with Crippen LogP contribution < -0.4 is 20.9 Å². The summed E-state index contributed by atoms with van der Waals surface area (Å²) in [4.78, 5) is 11.9. The van der Waals surface area contributed by atoms with Gasteiger partial charge >= 0.3 is 18.3 Å². The van der Waals surface area contributed by atoms with E-state index in [0.717, 1.165) is 29.8 Å². The summed E-state index contributed by atoms with van der Waals surface area (Å²) in [6.45, 7) is -0.498. The normalized spacial score (nSPS) is 11.9. The fraction of sp³-hybridized carbons (Fsp3) is 0.222. The lowest BCUT2D eigenvalue weighted by atomic mass is 10.1. The van der Waals surface area contributed by atoms with Crippen molar-refractivity contribution in [1.29, 1.82) is 0 Å². The first kappa shape index (κ1) is 28.3. The topological polar surface area (TPSA) is 96.8 Å². The highest BCUT2D eigenvalue weighted by atomic mass is 19.4. The Morgan fingerprint density at radius 2 is 1.42 bits per heavy atom. The number of benzene rings is 3. The SMILES string of the molecule is Nc1cc(N)cc(CCOC(=O)/C=C/c2ccc(OC(F)(F)c3ccc(OCCC(F)(F)F)cc3)cc2)c1. The molecule has 0 saturated carbocycles. The van der Waals surface area contributed by atoms with E-state index >= 15 is 0 Å². The third-order valence-corrected chi connectivity index (χ3v) is 5.06. The molecule has 0 unspecified atom stereocenters. The van der Waals surface area contributed by atoms with Gasteiger partial charge in [0, 0.05) is 23.9 Å². The third-order valence-electron chi connectivity index (χ3n) is 5.06. The van der Waals surface area contributed by atoms with E-state index in [1.807, 2.05) is 0 Å². The van der Waals surface area contributed by atoms with Crippen LogP contribution in [0.5, 0.6) is 11.5 Å². The number of nitrogens with two attached hydrogens (primary N) is 2. The molecule has 0 aliphatic heterocycles. The number of anilines is 2. The molecule has 4 N–H and O–H groups in total. The standard InChI is InChI=1S/C27H25F5N2O4/c28-26(29,30)12-14-36-23-8-4-20(5-9-23)27(31,32)38-24-6-1-18(2-7-24)3-10-25(35)37-13-11-19-15-21(33)17-22(34)16-19/h1-10,15-17H,11-14,33-34H2/b10-3+. The van der Waals surface area contributed by atoms with Crippen molar-refractivity contribution in [3.63, 3.8) is 0 Å². The summed E-state index contributed by atoms with van der Waals surface area (Å²) in [7, 11) is 0. The van der Waals surface area contributed by atoms with Crippen LogP contribution in [-0.4, -0.2) is 25.4 Å². The van der Waals surface area contributed by atoms with Crippen LogP contribution >= 0.6 is 0 Å². The molecule has 0 aliphatic rings. The first-order chi connectivity index (χ1) is 17.9. The van der Waals surface area contributed by atoms with Gasteiger partial charge in [-0.05, 0) is 71.8 Å². The highest BCUT2D eigenvalue weighted by Crippen LogP contribution is 2.33. The van der Waals surface area contributed by atoms with Crippen molar-refractivity contribution >= 4 is 23.4 Å². The summed E-state index contributed by atoms with van der Waals surface area (Å²) in [6, 6.07) is 14.9. The van der Waals surface area contributed by atoms with Crippen molar-refractivity contribution in [3.8, 4) is 11.5 Å². The predicted molar refractivity (Wildman–Crippen MR) is 133 cm³/mol. The number of hydrogen-bond donors (Lipinski definition) is 2. The Bertz CT molecular complexity index is 1220. The number of ether oxygens (including phenoxy) is 3. The Kier molecular flexibility index (Phi) is 9.16. The van der Waals surface area contributed by atoms with E-state index in [-0.39, 0.29) is 18.1 Å². The minimum atomic E-state index is -4.37. The summed E-state index contributed by atoms with van der Waals surface area (Å²) in [5.74, 6) is -0.695. The number of esters is 1. The fourth-order valence-electron chi connectivity index (χ4n) is 3.26. The van der Waals surface area contributed by atoms with Crippen LogP contribution in [0.4, 0.5) is 33.3 Å². The molecule has 0 aliphatic carbocycles. The Balaban J connectivity index is 1.48. The first-order valence-electron chi connectivity index (χ1n) is 11.4. The molecule has 0 atom stereocenters. The Labute approximate surface area is 215 Å². The van der Waals surface area contributed by atoms with E-state index in [4.69, 9.17) is 25.7 Å². The maximum absolute atomic E-state index is 14.5. The molecule has 0 heterocycles. The monoisotopic (exact) mass is 536 g/mol. The molecule has 0 aromatic heterocycles. The highest BCUT2D eigenvalue weighted by molar-refractivity contribution is 5.87. The molecular weight excluding hydrogens is 511 g/mol. The largest absolute Gasteiger partial charge is 0.493 e. The lowest BCUT2D eigenvalue weighted by molar-refractivity contribution is -0.185. The lowest BCUT2D eigenvalue weighted by Gasteiger charge is -2.18. The van der Waals surface area contributed by atoms with Crippen molar-refractivity contribution in [2.45, 2.75) is 25.1 Å². The van der Waals surface area contributed by atoms with Gasteiger partial charge in [-0.3, -0.25) is 0 Å². The van der Waals surface area contributed by atoms with Gasteiger partial charge in [0.25, 0.3) is 0 Å². The number of carbonyl (C=O) groups is 1. The second kappa shape index (κ2) is 12.3. The van der Waals surface area contributed by atoms with Crippen molar-refractivity contribution in [3.05, 3.63) is 89.5 Å². The maximum Gasteiger partial charge on any atom is 0.426 e. The highest BCUT2D eigenvalue weighted by Gasteiger charge is 2.34. The number of nitrogen functional groups attached to an aromatic ring is 2. The van der Waals surface area contributed by atoms with E-state index in [0.29, 0.717) is 23.4 Å². The lowest BCUT2D eigenvalue weighted by Crippen LogP contribution is -2.21. The van der Waals surface area contributed by atoms with Gasteiger partial charge < -0.3 is 25.7 Å². The Hall–Kier alpha value is -4.28. The van der Waals surface area contributed by atoms with Crippen LogP contribution in [0.15, 0.2) is 72.8 Å². The Morgan fingerprint density at radius 3 is 2.03 bits per heavy atom. The van der Waals surface area contributed by atoms with Gasteiger partial charge in [0.2, 0.25) is 0 Å². The fourth-order valence-corrected chi connectivity index (χ4v) is 3.26. The summed E-state index contributed by atoms with van der Waals surface area (Å²) in [5, 5.41) is 0. The van der Waals surface area contributed by atoms with E-state index < -0.39 is 36.8 Å². The molecule has 0 bridgehead atoms. The van der Waals surface area contributed by atoms with Crippen LogP contribution in [-0.2, 0) is 22.1 Å². The maximum atomic E-state index is 14.5. The third kappa shape index (κ3) is 9.30. The summed E-state index contributed by atoms with van der Waals surface area (Å²) in [6.07, 6.45) is -6.14. The molecule has 11 heteroatoms. The zero-order chi connectivity index (χ0) is 27.8. The quantitative estimate of drug-likeness (QED) is 0.133. The molecule has 38 heavy (non-hydrogen) atoms. The number of halogens is 5. The van der Waals surface area contributed by atoms with Gasteiger partial charge in [-0.25, -0.2) is 4.79 Å². The van der Waals surface area contributed by atoms with Crippen LogP contribution in [0, 0.1) is 0 Å². The van der Waals surface area contributed by atoms with Crippen molar-refractivity contribution < 1.29 is 41.0 Å². The average molecular weight is 536 g/mol. The van der Waals surface area contributed by atoms with Gasteiger partial charge in [0.05, 0.1) is 25.2 Å². The van der Waals surface area contributed by atoms with Gasteiger partial charge in [-0.1, -0.05) is 12.1 Å². The molecule has 0 radical (unpaired) electrons. The molecule has 0 fully saturated rings. The first-order valence-corrected chi connectivity index (χ1v) is 11.4. The minimum absolute atomic E-state index is 0.0259. The number of carbonyl (C=O) groups excluding carboxylic acids is 1. The van der Waals surface area contributed by atoms with Crippen molar-refractivity contribution in [2.24, 2.45) is 0 Å². The van der Waals surface area contributed by atoms with E-state index in [1.165, 1.54) is 36.4 Å². The van der Waals surface area contributed by atoms with Gasteiger partial charge in [0.15, 0.2) is 0 Å². The average Bonchev–Trinajstić information content (AvgIpc) is 2.82. The Morgan fingerprint density at radius 1 is 0.816 bits per heavy atom. The smallest absolute Gasteiger partial charge is 0.426 e. The van der Waals surface area contributed by atoms with Crippen LogP contribution in [0.1, 0.15) is 23.1 Å². The van der Waals surface area contributed by atoms with Crippen LogP contribution in [0.25, 0.3) is 6.08 Å². The van der Waals surface area contributed by atoms with Gasteiger partial charge in [0.1, 0.15) is 11.5 Å². The van der Waals surface area contributed by atoms with Crippen LogP contribution in [0.2, 0.25) is 0 Å². The number of alkyl halides is 5. The van der Waals surface area contributed by atoms with Crippen molar-refractivity contribution in [2.75, 3.05) is 24.7 Å². The van der Waals surface area contributed by atoms with E-state index in [9.17, 15) is 26.7 Å². The van der Waals surface area contributed by atoms with Crippen LogP contribution in [0.3, 0.4) is 0 Å². The molecule has 3 aromatic rings. The van der Waals surface area contributed by atoms with E-state index in [1.54, 1.807) is 18.2 Å². The molecule has 3 rings (SSSR count).